The van der Waals surface area contributed by atoms with E-state index in [0.29, 0.717) is 5.75 Å². The Balaban J connectivity index is 1.94. The maximum absolute atomic E-state index is 14.6. The minimum atomic E-state index is -4.17. The number of hydrogen-bond donors (Lipinski definition) is 0. The van der Waals surface area contributed by atoms with Crippen LogP contribution in [0.3, 0.4) is 0 Å². The van der Waals surface area contributed by atoms with Crippen LogP contribution in [0.4, 0.5) is 10.1 Å². The fourth-order valence-corrected chi connectivity index (χ4v) is 5.16. The number of carbonyl (C=O) groups excluding carboxylic acids is 1. The van der Waals surface area contributed by atoms with E-state index in [0.717, 1.165) is 36.4 Å². The minimum Gasteiger partial charge on any atom is -0.497 e. The van der Waals surface area contributed by atoms with Crippen molar-refractivity contribution in [2.45, 2.75) is 43.0 Å². The van der Waals surface area contributed by atoms with Gasteiger partial charge in [0.1, 0.15) is 18.1 Å². The van der Waals surface area contributed by atoms with Crippen molar-refractivity contribution in [2.75, 3.05) is 25.0 Å². The Morgan fingerprint density at radius 3 is 2.30 bits per heavy atom. The molecular weight excluding hydrogens is 407 g/mol. The molecule has 30 heavy (non-hydrogen) atoms. The number of nitrogens with zero attached hydrogens (tertiary/aromatic N) is 2. The molecule has 0 atom stereocenters. The average molecular weight is 435 g/mol. The molecule has 162 valence electrons. The lowest BCUT2D eigenvalue weighted by atomic mass is 9.94. The number of ether oxygens (including phenoxy) is 1. The first-order chi connectivity index (χ1) is 14.3. The van der Waals surface area contributed by atoms with Crippen LogP contribution in [-0.4, -0.2) is 46.0 Å². The van der Waals surface area contributed by atoms with E-state index in [1.54, 1.807) is 18.0 Å². The zero-order chi connectivity index (χ0) is 21.7. The van der Waals surface area contributed by atoms with Gasteiger partial charge in [0.05, 0.1) is 17.7 Å². The summed E-state index contributed by atoms with van der Waals surface area (Å²) in [4.78, 5) is 14.6. The third kappa shape index (κ3) is 4.75. The number of hydrogen-bond acceptors (Lipinski definition) is 4. The molecule has 0 N–H and O–H groups in total. The summed E-state index contributed by atoms with van der Waals surface area (Å²) in [5.74, 6) is -0.565. The Labute approximate surface area is 177 Å². The largest absolute Gasteiger partial charge is 0.497 e. The molecule has 2 aromatic carbocycles. The Morgan fingerprint density at radius 1 is 1.07 bits per heavy atom. The van der Waals surface area contributed by atoms with Crippen molar-refractivity contribution in [1.29, 1.82) is 0 Å². The number of anilines is 1. The maximum Gasteiger partial charge on any atom is 0.264 e. The molecule has 6 nitrogen and oxygen atoms in total. The lowest BCUT2D eigenvalue weighted by molar-refractivity contribution is -0.130. The number of sulfonamides is 1. The van der Waals surface area contributed by atoms with Gasteiger partial charge in [0.15, 0.2) is 0 Å². The second-order valence-corrected chi connectivity index (χ2v) is 9.30. The van der Waals surface area contributed by atoms with Crippen LogP contribution < -0.4 is 9.04 Å². The fraction of sp³-hybridized carbons (Fsp3) is 0.409. The Bertz CT molecular complexity index is 973. The Morgan fingerprint density at radius 2 is 1.70 bits per heavy atom. The molecule has 1 aliphatic carbocycles. The van der Waals surface area contributed by atoms with Gasteiger partial charge >= 0.3 is 0 Å². The third-order valence-electron chi connectivity index (χ3n) is 5.56. The van der Waals surface area contributed by atoms with Gasteiger partial charge in [0.25, 0.3) is 10.0 Å². The predicted molar refractivity (Wildman–Crippen MR) is 114 cm³/mol. The average Bonchev–Trinajstić information content (AvgIpc) is 2.78. The molecule has 2 aromatic rings. The second kappa shape index (κ2) is 9.47. The van der Waals surface area contributed by atoms with Gasteiger partial charge in [-0.05, 0) is 49.2 Å². The van der Waals surface area contributed by atoms with Gasteiger partial charge in [0.2, 0.25) is 5.91 Å². The zero-order valence-electron chi connectivity index (χ0n) is 17.3. The summed E-state index contributed by atoms with van der Waals surface area (Å²) in [5, 5.41) is 0. The molecule has 8 heteroatoms. The van der Waals surface area contributed by atoms with E-state index in [1.807, 2.05) is 0 Å². The summed E-state index contributed by atoms with van der Waals surface area (Å²) in [5.41, 5.74) is -0.154. The van der Waals surface area contributed by atoms with Crippen LogP contribution in [0, 0.1) is 5.82 Å². The SMILES string of the molecule is COc1ccc(S(=O)(=O)N(CC(=O)N(C)C2CCCCC2)c2ccccc2F)cc1. The number of likely N-dealkylation sites (N-methyl/N-ethyl adjacent to an activating group) is 1. The molecule has 3 rings (SSSR count). The standard InChI is InChI=1S/C22H27FN2O4S/c1-24(17-8-4-3-5-9-17)22(26)16-25(21-11-7-6-10-20(21)23)30(27,28)19-14-12-18(29-2)13-15-19/h6-7,10-15,17H,3-5,8-9,16H2,1-2H3. The highest BCUT2D eigenvalue weighted by molar-refractivity contribution is 7.92. The molecule has 0 spiro atoms. The number of halogens is 1. The van der Waals surface area contributed by atoms with Crippen molar-refractivity contribution in [3.05, 3.63) is 54.3 Å². The van der Waals surface area contributed by atoms with Gasteiger partial charge in [-0.15, -0.1) is 0 Å². The second-order valence-electron chi connectivity index (χ2n) is 7.44. The number of para-hydroxylation sites is 1. The Kier molecular flexibility index (Phi) is 6.97. The number of methoxy groups -OCH3 is 1. The molecule has 0 unspecified atom stereocenters. The summed E-state index contributed by atoms with van der Waals surface area (Å²) in [6.45, 7) is -0.470. The van der Waals surface area contributed by atoms with E-state index in [9.17, 15) is 17.6 Å². The molecule has 0 bridgehead atoms. The van der Waals surface area contributed by atoms with Crippen LogP contribution in [0.1, 0.15) is 32.1 Å². The number of carbonyl (C=O) groups is 1. The van der Waals surface area contributed by atoms with E-state index in [2.05, 4.69) is 0 Å². The molecule has 1 saturated carbocycles. The summed E-state index contributed by atoms with van der Waals surface area (Å²) in [7, 11) is -0.997. The molecule has 1 fully saturated rings. The van der Waals surface area contributed by atoms with Gasteiger partial charge < -0.3 is 9.64 Å². The van der Waals surface area contributed by atoms with Crippen molar-refractivity contribution < 1.29 is 22.3 Å². The molecule has 0 saturated heterocycles. The van der Waals surface area contributed by atoms with Crippen LogP contribution >= 0.6 is 0 Å². The highest BCUT2D eigenvalue weighted by atomic mass is 32.2. The Hall–Kier alpha value is -2.61. The zero-order valence-corrected chi connectivity index (χ0v) is 18.1. The van der Waals surface area contributed by atoms with Crippen LogP contribution in [0.25, 0.3) is 0 Å². The lowest BCUT2D eigenvalue weighted by Crippen LogP contribution is -2.46. The fourth-order valence-electron chi connectivity index (χ4n) is 3.73. The topological polar surface area (TPSA) is 66.9 Å². The smallest absolute Gasteiger partial charge is 0.264 e. The van der Waals surface area contributed by atoms with Crippen molar-refractivity contribution in [3.63, 3.8) is 0 Å². The van der Waals surface area contributed by atoms with Crippen LogP contribution in [0.5, 0.6) is 5.75 Å². The number of amides is 1. The van der Waals surface area contributed by atoms with Crippen molar-refractivity contribution in [2.24, 2.45) is 0 Å². The van der Waals surface area contributed by atoms with Crippen LogP contribution in [-0.2, 0) is 14.8 Å². The summed E-state index contributed by atoms with van der Waals surface area (Å²) in [6, 6.07) is 11.5. The monoisotopic (exact) mass is 434 g/mol. The third-order valence-corrected chi connectivity index (χ3v) is 7.34. The van der Waals surface area contributed by atoms with Crippen LogP contribution in [0.2, 0.25) is 0 Å². The highest BCUT2D eigenvalue weighted by Gasteiger charge is 2.31. The molecule has 1 aliphatic rings. The first kappa shape index (κ1) is 22.1. The summed E-state index contributed by atoms with van der Waals surface area (Å²) < 4.78 is 47.2. The van der Waals surface area contributed by atoms with Crippen molar-refractivity contribution >= 4 is 21.6 Å². The minimum absolute atomic E-state index is 0.0420. The van der Waals surface area contributed by atoms with E-state index in [1.165, 1.54) is 49.6 Å². The van der Waals surface area contributed by atoms with E-state index < -0.39 is 22.4 Å². The van der Waals surface area contributed by atoms with Crippen LogP contribution in [0.15, 0.2) is 53.4 Å². The first-order valence-electron chi connectivity index (χ1n) is 10.0. The molecular formula is C22H27FN2O4S. The van der Waals surface area contributed by atoms with E-state index in [4.69, 9.17) is 4.74 Å². The van der Waals surface area contributed by atoms with Gasteiger partial charge in [-0.2, -0.15) is 0 Å². The molecule has 1 amide bonds. The van der Waals surface area contributed by atoms with E-state index in [-0.39, 0.29) is 22.5 Å². The van der Waals surface area contributed by atoms with Gasteiger partial charge in [-0.3, -0.25) is 9.10 Å². The van der Waals surface area contributed by atoms with Crippen molar-refractivity contribution in [1.82, 2.24) is 4.90 Å². The number of rotatable bonds is 7. The quantitative estimate of drug-likeness (QED) is 0.665. The van der Waals surface area contributed by atoms with Gasteiger partial charge in [-0.25, -0.2) is 12.8 Å². The molecule has 0 heterocycles. The summed E-state index contributed by atoms with van der Waals surface area (Å²) in [6.07, 6.45) is 5.03. The first-order valence-corrected chi connectivity index (χ1v) is 11.5. The molecule has 0 aromatic heterocycles. The lowest BCUT2D eigenvalue weighted by Gasteiger charge is -2.33. The predicted octanol–water partition coefficient (Wildman–Crippen LogP) is 3.82. The van der Waals surface area contributed by atoms with Gasteiger partial charge in [0, 0.05) is 13.1 Å². The molecule has 0 radical (unpaired) electrons. The molecule has 0 aliphatic heterocycles. The normalized spacial score (nSPS) is 14.9. The number of benzene rings is 2. The van der Waals surface area contributed by atoms with Gasteiger partial charge in [-0.1, -0.05) is 31.4 Å². The van der Waals surface area contributed by atoms with Crippen molar-refractivity contribution in [3.8, 4) is 5.75 Å². The summed E-state index contributed by atoms with van der Waals surface area (Å²) >= 11 is 0. The highest BCUT2D eigenvalue weighted by Crippen LogP contribution is 2.28. The maximum atomic E-state index is 14.6. The van der Waals surface area contributed by atoms with E-state index >= 15 is 0 Å².